The van der Waals surface area contributed by atoms with E-state index in [1.54, 1.807) is 12.1 Å². The van der Waals surface area contributed by atoms with Crippen LogP contribution in [0.5, 0.6) is 11.5 Å². The molecule has 16 heavy (non-hydrogen) atoms. The highest BCUT2D eigenvalue weighted by atomic mass is 16.5. The third kappa shape index (κ3) is 1.66. The van der Waals surface area contributed by atoms with Crippen molar-refractivity contribution >= 4 is 0 Å². The Kier molecular flexibility index (Phi) is 1.96. The summed E-state index contributed by atoms with van der Waals surface area (Å²) in [4.78, 5) is 11.1. The molecule has 2 fully saturated rings. The predicted molar refractivity (Wildman–Crippen MR) is 59.7 cm³/mol. The van der Waals surface area contributed by atoms with E-state index < -0.39 is 0 Å². The van der Waals surface area contributed by atoms with Crippen LogP contribution in [0.3, 0.4) is 0 Å². The smallest absolute Gasteiger partial charge is 0.220 e. The minimum atomic E-state index is -0.373. The fourth-order valence-corrected chi connectivity index (χ4v) is 2.41. The van der Waals surface area contributed by atoms with Crippen molar-refractivity contribution in [3.8, 4) is 11.5 Å². The molecule has 0 amide bonds. The van der Waals surface area contributed by atoms with E-state index in [0.717, 1.165) is 12.8 Å². The fourth-order valence-electron chi connectivity index (χ4n) is 2.41. The highest BCUT2D eigenvalue weighted by molar-refractivity contribution is 5.30. The van der Waals surface area contributed by atoms with Crippen LogP contribution in [-0.2, 0) is 0 Å². The molecule has 0 saturated heterocycles. The van der Waals surface area contributed by atoms with E-state index in [1.165, 1.54) is 25.0 Å². The van der Waals surface area contributed by atoms with E-state index in [-0.39, 0.29) is 17.3 Å². The Balaban J connectivity index is 1.73. The Hall–Kier alpha value is -1.51. The molecule has 3 rings (SSSR count). The SMILES string of the molecule is O=c1cccc(OC2CC3(CC3)C2)cc1O. The Morgan fingerprint density at radius 1 is 1.31 bits per heavy atom. The van der Waals surface area contributed by atoms with Gasteiger partial charge in [0, 0.05) is 6.07 Å². The molecule has 0 aromatic heterocycles. The molecule has 0 unspecified atom stereocenters. The maximum absolute atomic E-state index is 11.1. The Bertz CT molecular complexity index is 469. The summed E-state index contributed by atoms with van der Waals surface area (Å²) in [5.74, 6) is 0.334. The number of hydrogen-bond donors (Lipinski definition) is 1. The predicted octanol–water partition coefficient (Wildman–Crippen LogP) is 2.07. The van der Waals surface area contributed by atoms with Gasteiger partial charge in [-0.1, -0.05) is 6.07 Å². The number of aromatic hydroxyl groups is 1. The molecule has 3 nitrogen and oxygen atoms in total. The molecule has 0 aliphatic heterocycles. The minimum absolute atomic E-state index is 0.250. The molecule has 1 aromatic rings. The molecule has 2 saturated carbocycles. The Morgan fingerprint density at radius 3 is 2.75 bits per heavy atom. The van der Waals surface area contributed by atoms with Gasteiger partial charge in [0.25, 0.3) is 0 Å². The first-order valence-electron chi connectivity index (χ1n) is 5.67. The zero-order chi connectivity index (χ0) is 11.2. The van der Waals surface area contributed by atoms with Crippen molar-refractivity contribution in [3.05, 3.63) is 34.5 Å². The number of hydrogen-bond acceptors (Lipinski definition) is 3. The molecule has 84 valence electrons. The molecule has 3 heteroatoms. The van der Waals surface area contributed by atoms with Gasteiger partial charge in [0.15, 0.2) is 5.75 Å². The van der Waals surface area contributed by atoms with Crippen LogP contribution in [0.25, 0.3) is 0 Å². The average Bonchev–Trinajstić information content (AvgIpc) is 2.96. The maximum Gasteiger partial charge on any atom is 0.220 e. The second kappa shape index (κ2) is 3.24. The lowest BCUT2D eigenvalue weighted by Crippen LogP contribution is -2.34. The summed E-state index contributed by atoms with van der Waals surface area (Å²) in [5, 5.41) is 9.39. The van der Waals surface area contributed by atoms with Crippen LogP contribution >= 0.6 is 0 Å². The molecule has 2 aliphatic carbocycles. The van der Waals surface area contributed by atoms with Crippen molar-refractivity contribution in [2.75, 3.05) is 0 Å². The largest absolute Gasteiger partial charge is 0.504 e. The van der Waals surface area contributed by atoms with Crippen LogP contribution in [0, 0.1) is 5.41 Å². The van der Waals surface area contributed by atoms with E-state index in [2.05, 4.69) is 0 Å². The zero-order valence-corrected chi connectivity index (χ0v) is 8.98. The zero-order valence-electron chi connectivity index (χ0n) is 8.98. The molecule has 1 aromatic carbocycles. The van der Waals surface area contributed by atoms with Gasteiger partial charge in [-0.2, -0.15) is 0 Å². The minimum Gasteiger partial charge on any atom is -0.504 e. The van der Waals surface area contributed by atoms with Crippen LogP contribution in [0.2, 0.25) is 0 Å². The van der Waals surface area contributed by atoms with Gasteiger partial charge in [0.05, 0.1) is 6.10 Å². The van der Waals surface area contributed by atoms with Crippen LogP contribution in [-0.4, -0.2) is 11.2 Å². The highest BCUT2D eigenvalue weighted by Crippen LogP contribution is 2.61. The monoisotopic (exact) mass is 218 g/mol. The first-order valence-corrected chi connectivity index (χ1v) is 5.67. The van der Waals surface area contributed by atoms with E-state index in [9.17, 15) is 9.90 Å². The summed E-state index contributed by atoms with van der Waals surface area (Å²) in [6, 6.07) is 6.08. The topological polar surface area (TPSA) is 46.5 Å². The summed E-state index contributed by atoms with van der Waals surface area (Å²) >= 11 is 0. The lowest BCUT2D eigenvalue weighted by Gasteiger charge is -2.35. The molecule has 0 heterocycles. The lowest BCUT2D eigenvalue weighted by atomic mass is 9.79. The third-order valence-corrected chi connectivity index (χ3v) is 3.62. The van der Waals surface area contributed by atoms with E-state index in [1.807, 2.05) is 0 Å². The van der Waals surface area contributed by atoms with Crippen molar-refractivity contribution in [2.24, 2.45) is 5.41 Å². The van der Waals surface area contributed by atoms with Crippen LogP contribution < -0.4 is 10.2 Å². The summed E-state index contributed by atoms with van der Waals surface area (Å²) in [5.41, 5.74) is 0.232. The van der Waals surface area contributed by atoms with Crippen LogP contribution in [0.15, 0.2) is 29.1 Å². The van der Waals surface area contributed by atoms with Gasteiger partial charge >= 0.3 is 0 Å². The molecule has 1 spiro atoms. The normalized spacial score (nSPS) is 21.5. The Morgan fingerprint density at radius 2 is 2.06 bits per heavy atom. The van der Waals surface area contributed by atoms with E-state index >= 15 is 0 Å². The second-order valence-corrected chi connectivity index (χ2v) is 4.97. The van der Waals surface area contributed by atoms with Gasteiger partial charge in [0.1, 0.15) is 5.75 Å². The first-order chi connectivity index (χ1) is 7.67. The highest BCUT2D eigenvalue weighted by Gasteiger charge is 2.54. The van der Waals surface area contributed by atoms with Crippen LogP contribution in [0.4, 0.5) is 0 Å². The molecular weight excluding hydrogens is 204 g/mol. The first kappa shape index (κ1) is 9.70. The number of ether oxygens (including phenoxy) is 1. The van der Waals surface area contributed by atoms with Crippen molar-refractivity contribution in [3.63, 3.8) is 0 Å². The number of rotatable bonds is 2. The molecule has 0 radical (unpaired) electrons. The standard InChI is InChI=1S/C13H14O3/c14-11-3-1-2-9(6-12(11)15)16-10-7-13(8-10)4-5-13/h1-3,6,10H,4-5,7-8H2,(H,14,15). The van der Waals surface area contributed by atoms with E-state index in [0.29, 0.717) is 11.2 Å². The van der Waals surface area contributed by atoms with E-state index in [4.69, 9.17) is 4.74 Å². The maximum atomic E-state index is 11.1. The van der Waals surface area contributed by atoms with Crippen molar-refractivity contribution in [2.45, 2.75) is 31.8 Å². The molecule has 2 aliphatic rings. The van der Waals surface area contributed by atoms with Gasteiger partial charge in [-0.15, -0.1) is 0 Å². The summed E-state index contributed by atoms with van der Waals surface area (Å²) in [6.07, 6.45) is 5.18. The third-order valence-electron chi connectivity index (χ3n) is 3.62. The summed E-state index contributed by atoms with van der Waals surface area (Å²) in [7, 11) is 0. The molecule has 0 bridgehead atoms. The van der Waals surface area contributed by atoms with Crippen molar-refractivity contribution < 1.29 is 9.84 Å². The van der Waals surface area contributed by atoms with Gasteiger partial charge in [-0.25, -0.2) is 0 Å². The average molecular weight is 218 g/mol. The molecule has 1 N–H and O–H groups in total. The van der Waals surface area contributed by atoms with Gasteiger partial charge in [0.2, 0.25) is 5.43 Å². The quantitative estimate of drug-likeness (QED) is 0.826. The molecular formula is C13H14O3. The lowest BCUT2D eigenvalue weighted by molar-refractivity contribution is 0.0504. The second-order valence-electron chi connectivity index (χ2n) is 4.97. The fraction of sp³-hybridized carbons (Fsp3) is 0.462. The van der Waals surface area contributed by atoms with Gasteiger partial charge in [-0.05, 0) is 43.2 Å². The van der Waals surface area contributed by atoms with Crippen LogP contribution in [0.1, 0.15) is 25.7 Å². The Labute approximate surface area is 93.7 Å². The summed E-state index contributed by atoms with van der Waals surface area (Å²) < 4.78 is 5.72. The van der Waals surface area contributed by atoms with Crippen molar-refractivity contribution in [1.29, 1.82) is 0 Å². The summed E-state index contributed by atoms with van der Waals surface area (Å²) in [6.45, 7) is 0. The van der Waals surface area contributed by atoms with Gasteiger partial charge < -0.3 is 9.84 Å². The van der Waals surface area contributed by atoms with Crippen molar-refractivity contribution in [1.82, 2.24) is 0 Å². The van der Waals surface area contributed by atoms with Gasteiger partial charge in [-0.3, -0.25) is 4.79 Å². The molecule has 0 atom stereocenters.